The summed E-state index contributed by atoms with van der Waals surface area (Å²) in [7, 11) is 0. The predicted molar refractivity (Wildman–Crippen MR) is 205 cm³/mol. The fraction of sp³-hybridized carbons (Fsp3) is 0. The van der Waals surface area contributed by atoms with Crippen molar-refractivity contribution >= 4 is 148 Å². The van der Waals surface area contributed by atoms with E-state index in [0.717, 1.165) is 0 Å². The van der Waals surface area contributed by atoms with Crippen LogP contribution >= 0.6 is 68.0 Å². The molecule has 0 fully saturated rings. The lowest BCUT2D eigenvalue weighted by Gasteiger charge is -1.98. The summed E-state index contributed by atoms with van der Waals surface area (Å²) in [5.41, 5.74) is 2.63. The minimum absolute atomic E-state index is 1.31. The van der Waals surface area contributed by atoms with Crippen LogP contribution in [0.5, 0.6) is 0 Å². The topological polar surface area (TPSA) is 0 Å². The average molecular weight is 667 g/mol. The number of hydrogen-bond donors (Lipinski definition) is 0. The Morgan fingerprint density at radius 3 is 1.57 bits per heavy atom. The van der Waals surface area contributed by atoms with Gasteiger partial charge in [-0.25, -0.2) is 0 Å². The molecule has 11 aromatic rings. The van der Waals surface area contributed by atoms with Gasteiger partial charge in [-0.15, -0.1) is 68.0 Å². The van der Waals surface area contributed by atoms with E-state index in [1.807, 2.05) is 68.0 Å². The van der Waals surface area contributed by atoms with Gasteiger partial charge in [-0.1, -0.05) is 48.5 Å². The van der Waals surface area contributed by atoms with Crippen LogP contribution in [0.4, 0.5) is 0 Å². The molecule has 0 aliphatic rings. The lowest BCUT2D eigenvalue weighted by atomic mass is 10.1. The Morgan fingerprint density at radius 2 is 0.909 bits per heavy atom. The van der Waals surface area contributed by atoms with Crippen molar-refractivity contribution in [2.75, 3.05) is 0 Å². The summed E-state index contributed by atoms with van der Waals surface area (Å²) in [6.07, 6.45) is 0. The molecule has 0 N–H and O–H groups in total. The lowest BCUT2D eigenvalue weighted by Crippen LogP contribution is -1.72. The minimum Gasteiger partial charge on any atom is -0.142 e. The number of rotatable bonds is 2. The van der Waals surface area contributed by atoms with Crippen molar-refractivity contribution in [3.05, 3.63) is 109 Å². The maximum Gasteiger partial charge on any atom is 0.0542 e. The van der Waals surface area contributed by atoms with Crippen molar-refractivity contribution in [2.24, 2.45) is 0 Å². The standard InChI is InChI=1S/C38H18S6/c1-3-7-27-21(5-1)23-15-19(9-11-29(23)40-27)32-17-25-34-35(42-31-13-14-39-38(31)34)26-18-33(44-37(26)36(25)43-32)20-10-12-30-24(16-20)22-6-2-4-8-28(22)41-30/h1-18H. The van der Waals surface area contributed by atoms with E-state index in [4.69, 9.17) is 0 Å². The molecule has 11 rings (SSSR count). The monoisotopic (exact) mass is 666 g/mol. The van der Waals surface area contributed by atoms with E-state index in [1.54, 1.807) is 0 Å². The number of thiophene rings is 6. The van der Waals surface area contributed by atoms with Gasteiger partial charge in [0.15, 0.2) is 0 Å². The van der Waals surface area contributed by atoms with Gasteiger partial charge >= 0.3 is 0 Å². The smallest absolute Gasteiger partial charge is 0.0542 e. The SMILES string of the molecule is c1ccc2c(c1)sc1ccc(-c3cc4c(s3)c3sc(-c5ccc6sc7ccccc7c6c5)cc3c3c5sccc5sc43)cc12. The molecule has 0 saturated carbocycles. The number of benzene rings is 5. The van der Waals surface area contributed by atoms with E-state index < -0.39 is 0 Å². The molecule has 0 nitrogen and oxygen atoms in total. The summed E-state index contributed by atoms with van der Waals surface area (Å²) in [6.45, 7) is 0. The van der Waals surface area contributed by atoms with Crippen LogP contribution in [0.3, 0.4) is 0 Å². The molecule has 0 amide bonds. The summed E-state index contributed by atoms with van der Waals surface area (Å²) < 4.78 is 12.5. The van der Waals surface area contributed by atoms with Crippen LogP contribution in [0, 0.1) is 0 Å². The van der Waals surface area contributed by atoms with Crippen molar-refractivity contribution in [3.63, 3.8) is 0 Å². The Bertz CT molecular complexity index is 2950. The molecule has 0 unspecified atom stereocenters. The number of fused-ring (bicyclic) bond motifs is 14. The van der Waals surface area contributed by atoms with Crippen LogP contribution < -0.4 is 0 Å². The molecule has 0 atom stereocenters. The number of hydrogen-bond acceptors (Lipinski definition) is 6. The zero-order chi connectivity index (χ0) is 28.5. The first-order valence-corrected chi connectivity index (χ1v) is 19.4. The summed E-state index contributed by atoms with van der Waals surface area (Å²) in [6, 6.07) is 39.0. The molecule has 0 bridgehead atoms. The lowest BCUT2D eigenvalue weighted by molar-refractivity contribution is 1.81. The molecule has 206 valence electrons. The van der Waals surface area contributed by atoms with Gasteiger partial charge in [0.2, 0.25) is 0 Å². The molecule has 6 aromatic heterocycles. The third-order valence-electron chi connectivity index (χ3n) is 8.80. The molecule has 0 aliphatic heterocycles. The molecule has 44 heavy (non-hydrogen) atoms. The van der Waals surface area contributed by atoms with Crippen LogP contribution in [-0.2, 0) is 0 Å². The van der Waals surface area contributed by atoms with Crippen LogP contribution in [0.15, 0.2) is 109 Å². The molecule has 0 saturated heterocycles. The van der Waals surface area contributed by atoms with Crippen LogP contribution in [0.2, 0.25) is 0 Å². The Morgan fingerprint density at radius 1 is 0.341 bits per heavy atom. The van der Waals surface area contributed by atoms with Gasteiger partial charge in [0.25, 0.3) is 0 Å². The maximum absolute atomic E-state index is 2.48. The highest BCUT2D eigenvalue weighted by Crippen LogP contribution is 2.53. The van der Waals surface area contributed by atoms with Crippen molar-refractivity contribution in [2.45, 2.75) is 0 Å². The van der Waals surface area contributed by atoms with Crippen molar-refractivity contribution in [3.8, 4) is 20.9 Å². The van der Waals surface area contributed by atoms with Gasteiger partial charge in [0.1, 0.15) is 0 Å². The van der Waals surface area contributed by atoms with Gasteiger partial charge in [-0.05, 0) is 71.1 Å². The Kier molecular flexibility index (Phi) is 5.03. The van der Waals surface area contributed by atoms with E-state index in [0.29, 0.717) is 0 Å². The average Bonchev–Trinajstić information content (AvgIpc) is 3.89. The fourth-order valence-electron chi connectivity index (χ4n) is 6.78. The second kappa shape index (κ2) is 8.98. The second-order valence-electron chi connectivity index (χ2n) is 11.2. The molecule has 6 heteroatoms. The van der Waals surface area contributed by atoms with Crippen LogP contribution in [0.25, 0.3) is 101 Å². The maximum atomic E-state index is 2.48. The van der Waals surface area contributed by atoms with Crippen molar-refractivity contribution in [1.29, 1.82) is 0 Å². The molecule has 0 spiro atoms. The van der Waals surface area contributed by atoms with Gasteiger partial charge in [-0.3, -0.25) is 0 Å². The Balaban J connectivity index is 1.18. The predicted octanol–water partition coefficient (Wildman–Crippen LogP) is 14.6. The van der Waals surface area contributed by atoms with Crippen molar-refractivity contribution in [1.82, 2.24) is 0 Å². The second-order valence-corrected chi connectivity index (χ2v) is 17.5. The van der Waals surface area contributed by atoms with Crippen LogP contribution in [0.1, 0.15) is 0 Å². The van der Waals surface area contributed by atoms with E-state index in [9.17, 15) is 0 Å². The van der Waals surface area contributed by atoms with E-state index in [-0.39, 0.29) is 0 Å². The first-order chi connectivity index (χ1) is 21.8. The third kappa shape index (κ3) is 3.36. The molecule has 0 radical (unpaired) electrons. The third-order valence-corrected chi connectivity index (χ3v) is 15.9. The minimum atomic E-state index is 1.31. The highest BCUT2D eigenvalue weighted by atomic mass is 32.1. The van der Waals surface area contributed by atoms with Crippen LogP contribution in [-0.4, -0.2) is 0 Å². The zero-order valence-corrected chi connectivity index (χ0v) is 27.7. The molecule has 6 heterocycles. The Labute approximate surface area is 275 Å². The first-order valence-electron chi connectivity index (χ1n) is 14.4. The summed E-state index contributed by atoms with van der Waals surface area (Å²) >= 11 is 11.6. The molecule has 0 aliphatic carbocycles. The summed E-state index contributed by atoms with van der Waals surface area (Å²) in [5, 5.41) is 11.9. The van der Waals surface area contributed by atoms with Gasteiger partial charge in [0, 0.05) is 75.7 Å². The fourth-order valence-corrected chi connectivity index (χ4v) is 13.9. The van der Waals surface area contributed by atoms with E-state index in [1.165, 1.54) is 101 Å². The van der Waals surface area contributed by atoms with Gasteiger partial charge in [-0.2, -0.15) is 0 Å². The van der Waals surface area contributed by atoms with Gasteiger partial charge in [0.05, 0.1) is 14.1 Å². The van der Waals surface area contributed by atoms with Gasteiger partial charge < -0.3 is 0 Å². The molecular formula is C38H18S6. The molecular weight excluding hydrogens is 649 g/mol. The summed E-state index contributed by atoms with van der Waals surface area (Å²) in [5.74, 6) is 0. The quantitative estimate of drug-likeness (QED) is 0.172. The molecule has 5 aromatic carbocycles. The first kappa shape index (κ1) is 24.7. The Hall–Kier alpha value is -3.62. The van der Waals surface area contributed by atoms with Crippen molar-refractivity contribution < 1.29 is 0 Å². The van der Waals surface area contributed by atoms with E-state index >= 15 is 0 Å². The largest absolute Gasteiger partial charge is 0.142 e. The normalized spacial score (nSPS) is 12.5. The zero-order valence-electron chi connectivity index (χ0n) is 22.8. The highest BCUT2D eigenvalue weighted by Gasteiger charge is 2.21. The highest BCUT2D eigenvalue weighted by molar-refractivity contribution is 7.35. The van der Waals surface area contributed by atoms with E-state index in [2.05, 4.69) is 109 Å². The summed E-state index contributed by atoms with van der Waals surface area (Å²) in [4.78, 5) is 2.70.